The van der Waals surface area contributed by atoms with E-state index in [4.69, 9.17) is 10.5 Å². The molecular weight excluding hydrogens is 312 g/mol. The second-order valence-electron chi connectivity index (χ2n) is 5.40. The Labute approximate surface area is 139 Å². The van der Waals surface area contributed by atoms with E-state index in [9.17, 15) is 9.59 Å². The predicted octanol–water partition coefficient (Wildman–Crippen LogP) is 3.21. The second kappa shape index (κ2) is 6.83. The zero-order chi connectivity index (χ0) is 17.1. The van der Waals surface area contributed by atoms with Crippen LogP contribution in [0.2, 0.25) is 0 Å². The first-order valence-corrected chi connectivity index (χ1v) is 8.00. The number of amides is 2. The van der Waals surface area contributed by atoms with Crippen molar-refractivity contribution in [1.29, 1.82) is 0 Å². The Morgan fingerprint density at radius 2 is 1.96 bits per heavy atom. The molecule has 3 N–H and O–H groups in total. The molecule has 2 rings (SSSR count). The summed E-state index contributed by atoms with van der Waals surface area (Å²) in [6.45, 7) is 5.63. The van der Waals surface area contributed by atoms with Gasteiger partial charge in [0.2, 0.25) is 5.91 Å². The topological polar surface area (TPSA) is 81.4 Å². The summed E-state index contributed by atoms with van der Waals surface area (Å²) in [6.07, 6.45) is 0. The van der Waals surface area contributed by atoms with Crippen molar-refractivity contribution < 1.29 is 14.3 Å². The van der Waals surface area contributed by atoms with Gasteiger partial charge in [-0.15, -0.1) is 11.3 Å². The van der Waals surface area contributed by atoms with Gasteiger partial charge in [-0.05, 0) is 50.1 Å². The van der Waals surface area contributed by atoms with Gasteiger partial charge in [0.15, 0.2) is 0 Å². The van der Waals surface area contributed by atoms with Crippen molar-refractivity contribution >= 4 is 28.2 Å². The minimum Gasteiger partial charge on any atom is -0.497 e. The number of carbonyl (C=O) groups excluding carboxylic acids is 2. The summed E-state index contributed by atoms with van der Waals surface area (Å²) >= 11 is 1.34. The molecule has 0 spiro atoms. The van der Waals surface area contributed by atoms with E-state index in [0.29, 0.717) is 10.6 Å². The number of hydrogen-bond donors (Lipinski definition) is 2. The van der Waals surface area contributed by atoms with Crippen molar-refractivity contribution in [2.75, 3.05) is 12.4 Å². The SMILES string of the molecule is COc1ccc(C(C)C(=O)Nc2sc(C)cc2C(N)=O)c(C)c1. The first-order valence-electron chi connectivity index (χ1n) is 7.19. The van der Waals surface area contributed by atoms with Crippen LogP contribution in [0.1, 0.15) is 39.2 Å². The summed E-state index contributed by atoms with van der Waals surface area (Å²) < 4.78 is 5.18. The van der Waals surface area contributed by atoms with Crippen molar-refractivity contribution in [3.63, 3.8) is 0 Å². The maximum absolute atomic E-state index is 12.5. The fourth-order valence-corrected chi connectivity index (χ4v) is 3.33. The Balaban J connectivity index is 2.22. The third-order valence-corrected chi connectivity index (χ3v) is 4.66. The highest BCUT2D eigenvalue weighted by Crippen LogP contribution is 2.30. The average Bonchev–Trinajstić information content (AvgIpc) is 2.87. The molecule has 2 aromatic rings. The quantitative estimate of drug-likeness (QED) is 0.882. The summed E-state index contributed by atoms with van der Waals surface area (Å²) in [5.41, 5.74) is 7.59. The van der Waals surface area contributed by atoms with Crippen LogP contribution in [0.4, 0.5) is 5.00 Å². The number of nitrogens with one attached hydrogen (secondary N) is 1. The number of carbonyl (C=O) groups is 2. The lowest BCUT2D eigenvalue weighted by Crippen LogP contribution is -2.21. The molecule has 5 nitrogen and oxygen atoms in total. The van der Waals surface area contributed by atoms with Gasteiger partial charge in [-0.1, -0.05) is 6.07 Å². The fraction of sp³-hybridized carbons (Fsp3) is 0.294. The standard InChI is InChI=1S/C17H20N2O3S/c1-9-7-12(22-4)5-6-13(9)11(3)16(21)19-17-14(15(18)20)8-10(2)23-17/h5-8,11H,1-4H3,(H2,18,20)(H,19,21). The molecule has 122 valence electrons. The zero-order valence-electron chi connectivity index (χ0n) is 13.6. The number of nitrogens with two attached hydrogens (primary N) is 1. The minimum atomic E-state index is -0.544. The number of methoxy groups -OCH3 is 1. The van der Waals surface area contributed by atoms with E-state index in [0.717, 1.165) is 21.8 Å². The zero-order valence-corrected chi connectivity index (χ0v) is 14.4. The van der Waals surface area contributed by atoms with Crippen LogP contribution in [0, 0.1) is 13.8 Å². The molecule has 0 radical (unpaired) electrons. The summed E-state index contributed by atoms with van der Waals surface area (Å²) in [5.74, 6) is -0.326. The van der Waals surface area contributed by atoms with E-state index in [2.05, 4.69) is 5.32 Å². The molecule has 2 amide bonds. The Morgan fingerprint density at radius 3 is 2.52 bits per heavy atom. The van der Waals surface area contributed by atoms with Crippen LogP contribution in [0.5, 0.6) is 5.75 Å². The summed E-state index contributed by atoms with van der Waals surface area (Å²) in [7, 11) is 1.61. The Hall–Kier alpha value is -2.34. The van der Waals surface area contributed by atoms with Crippen molar-refractivity contribution in [3.8, 4) is 5.75 Å². The summed E-state index contributed by atoms with van der Waals surface area (Å²) in [4.78, 5) is 24.9. The lowest BCUT2D eigenvalue weighted by molar-refractivity contribution is -0.117. The fourth-order valence-electron chi connectivity index (χ4n) is 2.41. The number of ether oxygens (including phenoxy) is 1. The van der Waals surface area contributed by atoms with Gasteiger partial charge in [-0.3, -0.25) is 9.59 Å². The molecule has 0 saturated heterocycles. The van der Waals surface area contributed by atoms with Crippen LogP contribution in [0.15, 0.2) is 24.3 Å². The van der Waals surface area contributed by atoms with Crippen LogP contribution in [0.25, 0.3) is 0 Å². The Bertz CT molecular complexity index is 752. The Morgan fingerprint density at radius 1 is 1.26 bits per heavy atom. The molecule has 1 unspecified atom stereocenters. The van der Waals surface area contributed by atoms with Crippen molar-refractivity contribution in [1.82, 2.24) is 0 Å². The van der Waals surface area contributed by atoms with Gasteiger partial charge in [0.25, 0.3) is 5.91 Å². The van der Waals surface area contributed by atoms with E-state index in [-0.39, 0.29) is 11.8 Å². The van der Waals surface area contributed by atoms with Gasteiger partial charge in [-0.2, -0.15) is 0 Å². The molecule has 0 bridgehead atoms. The van der Waals surface area contributed by atoms with Crippen LogP contribution >= 0.6 is 11.3 Å². The molecule has 0 aliphatic carbocycles. The maximum atomic E-state index is 12.5. The first-order chi connectivity index (χ1) is 10.8. The van der Waals surface area contributed by atoms with Gasteiger partial charge in [0.05, 0.1) is 18.6 Å². The van der Waals surface area contributed by atoms with Crippen molar-refractivity contribution in [3.05, 3.63) is 45.8 Å². The molecule has 0 fully saturated rings. The van der Waals surface area contributed by atoms with Crippen molar-refractivity contribution in [2.24, 2.45) is 5.73 Å². The number of aryl methyl sites for hydroxylation is 2. The minimum absolute atomic E-state index is 0.178. The van der Waals surface area contributed by atoms with E-state index in [1.165, 1.54) is 11.3 Å². The highest BCUT2D eigenvalue weighted by atomic mass is 32.1. The Kier molecular flexibility index (Phi) is 5.05. The molecule has 23 heavy (non-hydrogen) atoms. The van der Waals surface area contributed by atoms with E-state index < -0.39 is 5.91 Å². The molecule has 1 aromatic carbocycles. The van der Waals surface area contributed by atoms with Gasteiger partial charge in [0, 0.05) is 4.88 Å². The molecule has 1 heterocycles. The molecule has 1 atom stereocenters. The maximum Gasteiger partial charge on any atom is 0.251 e. The number of anilines is 1. The number of primary amides is 1. The largest absolute Gasteiger partial charge is 0.497 e. The molecule has 0 saturated carbocycles. The van der Waals surface area contributed by atoms with E-state index in [1.807, 2.05) is 39.0 Å². The highest BCUT2D eigenvalue weighted by molar-refractivity contribution is 7.16. The van der Waals surface area contributed by atoms with Crippen LogP contribution in [-0.4, -0.2) is 18.9 Å². The normalized spacial score (nSPS) is 11.8. The molecule has 0 aliphatic rings. The summed E-state index contributed by atoms with van der Waals surface area (Å²) in [6, 6.07) is 7.29. The number of thiophene rings is 1. The number of rotatable bonds is 5. The highest BCUT2D eigenvalue weighted by Gasteiger charge is 2.21. The number of hydrogen-bond acceptors (Lipinski definition) is 4. The van der Waals surface area contributed by atoms with E-state index >= 15 is 0 Å². The van der Waals surface area contributed by atoms with Crippen LogP contribution < -0.4 is 15.8 Å². The second-order valence-corrected chi connectivity index (χ2v) is 6.65. The smallest absolute Gasteiger partial charge is 0.251 e. The third-order valence-electron chi connectivity index (χ3n) is 3.69. The van der Waals surface area contributed by atoms with Gasteiger partial charge in [0.1, 0.15) is 10.8 Å². The van der Waals surface area contributed by atoms with Crippen LogP contribution in [-0.2, 0) is 4.79 Å². The van der Waals surface area contributed by atoms with E-state index in [1.54, 1.807) is 13.2 Å². The molecule has 1 aromatic heterocycles. The first kappa shape index (κ1) is 17.0. The molecule has 6 heteroatoms. The molecular formula is C17H20N2O3S. The van der Waals surface area contributed by atoms with Crippen molar-refractivity contribution in [2.45, 2.75) is 26.7 Å². The van der Waals surface area contributed by atoms with Gasteiger partial charge >= 0.3 is 0 Å². The van der Waals surface area contributed by atoms with Gasteiger partial charge in [-0.25, -0.2) is 0 Å². The van der Waals surface area contributed by atoms with Gasteiger partial charge < -0.3 is 15.8 Å². The molecule has 0 aliphatic heterocycles. The third kappa shape index (κ3) is 3.71. The average molecular weight is 332 g/mol. The van der Waals surface area contributed by atoms with Crippen LogP contribution in [0.3, 0.4) is 0 Å². The number of benzene rings is 1. The lowest BCUT2D eigenvalue weighted by Gasteiger charge is -2.15. The monoisotopic (exact) mass is 332 g/mol. The predicted molar refractivity (Wildman–Crippen MR) is 92.3 cm³/mol. The summed E-state index contributed by atoms with van der Waals surface area (Å²) in [5, 5.41) is 3.31. The lowest BCUT2D eigenvalue weighted by atomic mass is 9.95.